The SMILES string of the molecule is CCOc1ccc(Cl)cc1/C=C1\SC(=Nc2ccccc2)N(CCc2ccccc2)C1=O. The lowest BCUT2D eigenvalue weighted by molar-refractivity contribution is -0.122. The van der Waals surface area contributed by atoms with Crippen molar-refractivity contribution in [3.05, 3.63) is 99.9 Å². The average Bonchev–Trinajstić information content (AvgIpc) is 3.09. The Bertz CT molecular complexity index is 1150. The number of aliphatic imine (C=N–C) groups is 1. The fourth-order valence-corrected chi connectivity index (χ4v) is 4.54. The molecule has 32 heavy (non-hydrogen) atoms. The molecule has 0 unspecified atom stereocenters. The molecule has 1 saturated heterocycles. The number of hydrogen-bond donors (Lipinski definition) is 0. The van der Waals surface area contributed by atoms with Gasteiger partial charge in [0.15, 0.2) is 5.17 Å². The minimum absolute atomic E-state index is 0.0666. The number of hydrogen-bond acceptors (Lipinski definition) is 4. The summed E-state index contributed by atoms with van der Waals surface area (Å²) in [6.07, 6.45) is 2.59. The average molecular weight is 463 g/mol. The van der Waals surface area contributed by atoms with Gasteiger partial charge in [0.2, 0.25) is 0 Å². The van der Waals surface area contributed by atoms with Gasteiger partial charge in [-0.3, -0.25) is 9.69 Å². The number of carbonyl (C=O) groups is 1. The van der Waals surface area contributed by atoms with Crippen LogP contribution in [0.15, 0.2) is 88.8 Å². The summed E-state index contributed by atoms with van der Waals surface area (Å²) in [5.41, 5.74) is 2.76. The molecule has 162 valence electrons. The Hall–Kier alpha value is -3.02. The Morgan fingerprint density at radius 3 is 2.47 bits per heavy atom. The molecule has 1 fully saturated rings. The monoisotopic (exact) mass is 462 g/mol. The van der Waals surface area contributed by atoms with Crippen molar-refractivity contribution in [3.63, 3.8) is 0 Å². The van der Waals surface area contributed by atoms with Crippen LogP contribution in [0, 0.1) is 0 Å². The van der Waals surface area contributed by atoms with Gasteiger partial charge in [-0.1, -0.05) is 60.1 Å². The molecule has 3 aromatic rings. The van der Waals surface area contributed by atoms with E-state index in [1.807, 2.05) is 73.7 Å². The zero-order valence-corrected chi connectivity index (χ0v) is 19.3. The Morgan fingerprint density at radius 2 is 1.75 bits per heavy atom. The van der Waals surface area contributed by atoms with Crippen LogP contribution in [0.2, 0.25) is 5.02 Å². The highest BCUT2D eigenvalue weighted by atomic mass is 35.5. The first kappa shape index (κ1) is 22.2. The van der Waals surface area contributed by atoms with Crippen molar-refractivity contribution in [2.45, 2.75) is 13.3 Å². The molecule has 0 aliphatic carbocycles. The van der Waals surface area contributed by atoms with Gasteiger partial charge in [-0.05, 0) is 67.1 Å². The molecule has 1 aliphatic rings. The minimum Gasteiger partial charge on any atom is -0.493 e. The molecule has 1 aliphatic heterocycles. The second kappa shape index (κ2) is 10.5. The van der Waals surface area contributed by atoms with Crippen molar-refractivity contribution >= 4 is 46.2 Å². The van der Waals surface area contributed by atoms with Gasteiger partial charge in [0.05, 0.1) is 17.2 Å². The Morgan fingerprint density at radius 1 is 1.03 bits per heavy atom. The van der Waals surface area contributed by atoms with E-state index in [9.17, 15) is 4.79 Å². The maximum Gasteiger partial charge on any atom is 0.266 e. The highest BCUT2D eigenvalue weighted by Crippen LogP contribution is 2.36. The number of benzene rings is 3. The number of rotatable bonds is 7. The number of para-hydroxylation sites is 1. The van der Waals surface area contributed by atoms with E-state index in [0.717, 1.165) is 17.7 Å². The molecule has 0 bridgehead atoms. The molecule has 6 heteroatoms. The van der Waals surface area contributed by atoms with Crippen LogP contribution in [0.1, 0.15) is 18.1 Å². The molecule has 0 radical (unpaired) electrons. The lowest BCUT2D eigenvalue weighted by Crippen LogP contribution is -2.31. The van der Waals surface area contributed by atoms with E-state index in [-0.39, 0.29) is 5.91 Å². The molecule has 0 atom stereocenters. The fraction of sp³-hybridized carbons (Fsp3) is 0.154. The Balaban J connectivity index is 1.66. The molecule has 3 aromatic carbocycles. The standard InChI is InChI=1S/C26H23ClN2O2S/c1-2-31-23-14-13-21(27)17-20(23)18-24-25(30)29(16-15-19-9-5-3-6-10-19)26(32-24)28-22-11-7-4-8-12-22/h3-14,17-18H,2,15-16H2,1H3/b24-18-,28-26?. The third-order valence-corrected chi connectivity index (χ3v) is 6.14. The first-order valence-corrected chi connectivity index (χ1v) is 11.6. The molecule has 0 N–H and O–H groups in total. The van der Waals surface area contributed by atoms with Crippen molar-refractivity contribution in [1.29, 1.82) is 0 Å². The van der Waals surface area contributed by atoms with Gasteiger partial charge in [-0.25, -0.2) is 4.99 Å². The van der Waals surface area contributed by atoms with Crippen LogP contribution < -0.4 is 4.74 Å². The third-order valence-electron chi connectivity index (χ3n) is 4.89. The molecule has 4 rings (SSSR count). The predicted octanol–water partition coefficient (Wildman–Crippen LogP) is 6.59. The molecule has 1 heterocycles. The number of amidine groups is 1. The predicted molar refractivity (Wildman–Crippen MR) is 134 cm³/mol. The number of carbonyl (C=O) groups excluding carboxylic acids is 1. The number of halogens is 1. The minimum atomic E-state index is -0.0666. The largest absolute Gasteiger partial charge is 0.493 e. The summed E-state index contributed by atoms with van der Waals surface area (Å²) in [5.74, 6) is 0.630. The smallest absolute Gasteiger partial charge is 0.266 e. The summed E-state index contributed by atoms with van der Waals surface area (Å²) in [7, 11) is 0. The van der Waals surface area contributed by atoms with E-state index in [1.54, 1.807) is 11.0 Å². The van der Waals surface area contributed by atoms with Crippen molar-refractivity contribution in [2.75, 3.05) is 13.2 Å². The second-order valence-electron chi connectivity index (χ2n) is 7.15. The van der Waals surface area contributed by atoms with Gasteiger partial charge in [-0.15, -0.1) is 0 Å². The van der Waals surface area contributed by atoms with E-state index in [2.05, 4.69) is 12.1 Å². The second-order valence-corrected chi connectivity index (χ2v) is 8.59. The van der Waals surface area contributed by atoms with E-state index in [4.69, 9.17) is 21.3 Å². The Labute approximate surface area is 197 Å². The van der Waals surface area contributed by atoms with Crippen LogP contribution in [0.3, 0.4) is 0 Å². The topological polar surface area (TPSA) is 41.9 Å². The third kappa shape index (κ3) is 5.42. The van der Waals surface area contributed by atoms with Gasteiger partial charge in [0, 0.05) is 17.1 Å². The lowest BCUT2D eigenvalue weighted by atomic mass is 10.1. The van der Waals surface area contributed by atoms with Crippen LogP contribution >= 0.6 is 23.4 Å². The summed E-state index contributed by atoms with van der Waals surface area (Å²) in [6, 6.07) is 25.3. The maximum atomic E-state index is 13.4. The highest BCUT2D eigenvalue weighted by molar-refractivity contribution is 8.18. The molecule has 4 nitrogen and oxygen atoms in total. The fourth-order valence-electron chi connectivity index (χ4n) is 3.35. The highest BCUT2D eigenvalue weighted by Gasteiger charge is 2.33. The zero-order chi connectivity index (χ0) is 22.3. The van der Waals surface area contributed by atoms with Crippen LogP contribution in [-0.4, -0.2) is 29.1 Å². The normalized spacial score (nSPS) is 16.2. The number of ether oxygens (including phenoxy) is 1. The quantitative estimate of drug-likeness (QED) is 0.372. The van der Waals surface area contributed by atoms with Gasteiger partial charge in [0.25, 0.3) is 5.91 Å². The van der Waals surface area contributed by atoms with Crippen molar-refractivity contribution in [2.24, 2.45) is 4.99 Å². The Kier molecular flexibility index (Phi) is 7.30. The van der Waals surface area contributed by atoms with Gasteiger partial charge in [-0.2, -0.15) is 0 Å². The number of nitrogens with zero attached hydrogens (tertiary/aromatic N) is 2. The first-order valence-electron chi connectivity index (χ1n) is 10.5. The summed E-state index contributed by atoms with van der Waals surface area (Å²) >= 11 is 7.58. The molecule has 1 amide bonds. The van der Waals surface area contributed by atoms with Crippen molar-refractivity contribution in [3.8, 4) is 5.75 Å². The summed E-state index contributed by atoms with van der Waals surface area (Å²) in [5, 5.41) is 1.26. The first-order chi connectivity index (χ1) is 15.6. The molecule has 0 aromatic heterocycles. The van der Waals surface area contributed by atoms with Crippen LogP contribution in [-0.2, 0) is 11.2 Å². The van der Waals surface area contributed by atoms with Crippen molar-refractivity contribution in [1.82, 2.24) is 4.90 Å². The molecule has 0 saturated carbocycles. The van der Waals surface area contributed by atoms with E-state index >= 15 is 0 Å². The van der Waals surface area contributed by atoms with Crippen LogP contribution in [0.4, 0.5) is 5.69 Å². The molecule has 0 spiro atoms. The summed E-state index contributed by atoms with van der Waals surface area (Å²) in [6.45, 7) is 3.01. The summed E-state index contributed by atoms with van der Waals surface area (Å²) < 4.78 is 5.72. The van der Waals surface area contributed by atoms with Gasteiger partial charge < -0.3 is 4.74 Å². The maximum absolute atomic E-state index is 13.4. The lowest BCUT2D eigenvalue weighted by Gasteiger charge is -2.15. The molecular formula is C26H23ClN2O2S. The van der Waals surface area contributed by atoms with Gasteiger partial charge >= 0.3 is 0 Å². The number of thioether (sulfide) groups is 1. The van der Waals surface area contributed by atoms with Crippen molar-refractivity contribution < 1.29 is 9.53 Å². The van der Waals surface area contributed by atoms with E-state index in [1.165, 1.54) is 17.3 Å². The molecular weight excluding hydrogens is 440 g/mol. The van der Waals surface area contributed by atoms with E-state index in [0.29, 0.717) is 34.0 Å². The zero-order valence-electron chi connectivity index (χ0n) is 17.7. The van der Waals surface area contributed by atoms with E-state index < -0.39 is 0 Å². The van der Waals surface area contributed by atoms with Crippen LogP contribution in [0.25, 0.3) is 6.08 Å². The number of amides is 1. The summed E-state index contributed by atoms with van der Waals surface area (Å²) in [4.78, 5) is 20.5. The van der Waals surface area contributed by atoms with Gasteiger partial charge in [0.1, 0.15) is 5.75 Å². The van der Waals surface area contributed by atoms with Crippen LogP contribution in [0.5, 0.6) is 5.75 Å².